The molecule has 2 heteroatoms. The molecule has 0 aliphatic carbocycles. The summed E-state index contributed by atoms with van der Waals surface area (Å²) in [6, 6.07) is 2.14. The van der Waals surface area contributed by atoms with Crippen molar-refractivity contribution in [3.63, 3.8) is 0 Å². The SMILES string of the molecule is COc1cc(CC(C)(C)C)cnc1CC(C)(C)C. The first-order valence-corrected chi connectivity index (χ1v) is 6.62. The van der Waals surface area contributed by atoms with E-state index >= 15 is 0 Å². The van der Waals surface area contributed by atoms with Gasteiger partial charge in [0.1, 0.15) is 5.75 Å². The highest BCUT2D eigenvalue weighted by Gasteiger charge is 2.18. The second-order valence-electron chi connectivity index (χ2n) is 7.47. The number of ether oxygens (including phenoxy) is 1. The van der Waals surface area contributed by atoms with Crippen LogP contribution >= 0.6 is 0 Å². The van der Waals surface area contributed by atoms with Crippen LogP contribution in [0, 0.1) is 10.8 Å². The normalized spacial score (nSPS) is 12.6. The fourth-order valence-corrected chi connectivity index (χ4v) is 2.03. The fraction of sp³-hybridized carbons (Fsp3) is 0.688. The monoisotopic (exact) mass is 249 g/mol. The van der Waals surface area contributed by atoms with Crippen molar-refractivity contribution in [3.8, 4) is 5.75 Å². The summed E-state index contributed by atoms with van der Waals surface area (Å²) in [6.07, 6.45) is 3.95. The van der Waals surface area contributed by atoms with Crippen LogP contribution in [0.25, 0.3) is 0 Å². The van der Waals surface area contributed by atoms with E-state index in [9.17, 15) is 0 Å². The Labute approximate surface area is 112 Å². The van der Waals surface area contributed by atoms with E-state index in [0.717, 1.165) is 24.3 Å². The van der Waals surface area contributed by atoms with Gasteiger partial charge in [-0.3, -0.25) is 4.98 Å². The van der Waals surface area contributed by atoms with E-state index in [1.807, 2.05) is 6.20 Å². The zero-order chi connectivity index (χ0) is 14.0. The largest absolute Gasteiger partial charge is 0.495 e. The highest BCUT2D eigenvalue weighted by Crippen LogP contribution is 2.28. The lowest BCUT2D eigenvalue weighted by atomic mass is 9.87. The highest BCUT2D eigenvalue weighted by molar-refractivity contribution is 5.32. The molecule has 0 aliphatic heterocycles. The molecule has 0 N–H and O–H groups in total. The second kappa shape index (κ2) is 5.29. The smallest absolute Gasteiger partial charge is 0.140 e. The van der Waals surface area contributed by atoms with Crippen molar-refractivity contribution in [1.29, 1.82) is 0 Å². The van der Waals surface area contributed by atoms with Gasteiger partial charge in [0.05, 0.1) is 12.8 Å². The molecule has 18 heavy (non-hydrogen) atoms. The van der Waals surface area contributed by atoms with Gasteiger partial charge in [-0.25, -0.2) is 0 Å². The van der Waals surface area contributed by atoms with Crippen LogP contribution in [0.3, 0.4) is 0 Å². The van der Waals surface area contributed by atoms with Crippen LogP contribution in [0.5, 0.6) is 5.75 Å². The average molecular weight is 249 g/mol. The van der Waals surface area contributed by atoms with Gasteiger partial charge >= 0.3 is 0 Å². The molecule has 0 unspecified atom stereocenters. The lowest BCUT2D eigenvalue weighted by Crippen LogP contribution is -2.13. The van der Waals surface area contributed by atoms with Crippen molar-refractivity contribution in [2.24, 2.45) is 10.8 Å². The van der Waals surface area contributed by atoms with Gasteiger partial charge in [0.15, 0.2) is 0 Å². The Morgan fingerprint density at radius 1 is 1.00 bits per heavy atom. The van der Waals surface area contributed by atoms with Gasteiger partial charge in [-0.2, -0.15) is 0 Å². The van der Waals surface area contributed by atoms with Crippen LogP contribution in [0.15, 0.2) is 12.3 Å². The molecular weight excluding hydrogens is 222 g/mol. The second-order valence-corrected chi connectivity index (χ2v) is 7.47. The van der Waals surface area contributed by atoms with Crippen molar-refractivity contribution in [3.05, 3.63) is 23.5 Å². The number of rotatable bonds is 3. The van der Waals surface area contributed by atoms with Crippen LogP contribution in [0.1, 0.15) is 52.8 Å². The predicted molar refractivity (Wildman–Crippen MR) is 77.1 cm³/mol. The van der Waals surface area contributed by atoms with Crippen molar-refractivity contribution >= 4 is 0 Å². The van der Waals surface area contributed by atoms with Gasteiger partial charge in [-0.1, -0.05) is 41.5 Å². The molecule has 0 atom stereocenters. The lowest BCUT2D eigenvalue weighted by molar-refractivity contribution is 0.369. The van der Waals surface area contributed by atoms with E-state index in [2.05, 4.69) is 52.6 Å². The van der Waals surface area contributed by atoms with Gasteiger partial charge in [0.25, 0.3) is 0 Å². The summed E-state index contributed by atoms with van der Waals surface area (Å²) in [5, 5.41) is 0. The lowest BCUT2D eigenvalue weighted by Gasteiger charge is -2.21. The fourth-order valence-electron chi connectivity index (χ4n) is 2.03. The minimum atomic E-state index is 0.228. The maximum atomic E-state index is 5.48. The van der Waals surface area contributed by atoms with Crippen molar-refractivity contribution < 1.29 is 4.74 Å². The standard InChI is InChI=1S/C16H27NO/c1-15(2,3)9-12-8-14(18-7)13(17-11-12)10-16(4,5)6/h8,11H,9-10H2,1-7H3. The average Bonchev–Trinajstić information content (AvgIpc) is 2.16. The van der Waals surface area contributed by atoms with Crippen LogP contribution in [-0.4, -0.2) is 12.1 Å². The number of pyridine rings is 1. The van der Waals surface area contributed by atoms with Crippen molar-refractivity contribution in [2.45, 2.75) is 54.4 Å². The van der Waals surface area contributed by atoms with Gasteiger partial charge in [0, 0.05) is 6.20 Å². The zero-order valence-corrected chi connectivity index (χ0v) is 12.9. The molecule has 2 nitrogen and oxygen atoms in total. The van der Waals surface area contributed by atoms with E-state index in [1.165, 1.54) is 5.56 Å². The van der Waals surface area contributed by atoms with Crippen LogP contribution in [-0.2, 0) is 12.8 Å². The molecule has 0 bridgehead atoms. The molecule has 0 radical (unpaired) electrons. The molecule has 0 fully saturated rings. The quantitative estimate of drug-likeness (QED) is 0.798. The van der Waals surface area contributed by atoms with Gasteiger partial charge in [-0.05, 0) is 35.3 Å². The molecule has 1 rings (SSSR count). The third-order valence-electron chi connectivity index (χ3n) is 2.64. The Balaban J connectivity index is 2.97. The molecule has 0 saturated carbocycles. The van der Waals surface area contributed by atoms with Crippen LogP contribution in [0.2, 0.25) is 0 Å². The summed E-state index contributed by atoms with van der Waals surface area (Å²) in [5.74, 6) is 0.923. The summed E-state index contributed by atoms with van der Waals surface area (Å²) in [4.78, 5) is 4.59. The van der Waals surface area contributed by atoms with E-state index in [1.54, 1.807) is 7.11 Å². The van der Waals surface area contributed by atoms with Gasteiger partial charge in [-0.15, -0.1) is 0 Å². The van der Waals surface area contributed by atoms with Gasteiger partial charge < -0.3 is 4.74 Å². The number of hydrogen-bond donors (Lipinski definition) is 0. The van der Waals surface area contributed by atoms with Crippen LogP contribution in [0.4, 0.5) is 0 Å². The van der Waals surface area contributed by atoms with Crippen molar-refractivity contribution in [2.75, 3.05) is 7.11 Å². The maximum Gasteiger partial charge on any atom is 0.140 e. The minimum Gasteiger partial charge on any atom is -0.495 e. The molecule has 0 aromatic carbocycles. The molecule has 1 aromatic rings. The molecule has 0 spiro atoms. The predicted octanol–water partition coefficient (Wildman–Crippen LogP) is 4.27. The first-order valence-electron chi connectivity index (χ1n) is 6.62. The van der Waals surface area contributed by atoms with E-state index in [4.69, 9.17) is 4.74 Å². The minimum absolute atomic E-state index is 0.228. The first-order chi connectivity index (χ1) is 8.11. The summed E-state index contributed by atoms with van der Waals surface area (Å²) < 4.78 is 5.48. The Kier molecular flexibility index (Phi) is 4.41. The third kappa shape index (κ3) is 5.07. The van der Waals surface area contributed by atoms with Crippen LogP contribution < -0.4 is 4.74 Å². The van der Waals surface area contributed by atoms with E-state index in [-0.39, 0.29) is 10.8 Å². The molecule has 1 heterocycles. The number of aromatic nitrogens is 1. The molecular formula is C16H27NO. The maximum absolute atomic E-state index is 5.48. The number of hydrogen-bond acceptors (Lipinski definition) is 2. The Morgan fingerprint density at radius 3 is 2.00 bits per heavy atom. The Hall–Kier alpha value is -1.05. The third-order valence-corrected chi connectivity index (χ3v) is 2.64. The number of methoxy groups -OCH3 is 1. The summed E-state index contributed by atoms with van der Waals surface area (Å²) >= 11 is 0. The zero-order valence-electron chi connectivity index (χ0n) is 12.9. The van der Waals surface area contributed by atoms with Crippen molar-refractivity contribution in [1.82, 2.24) is 4.98 Å². The molecule has 102 valence electrons. The van der Waals surface area contributed by atoms with E-state index < -0.39 is 0 Å². The summed E-state index contributed by atoms with van der Waals surface area (Å²) in [5.41, 5.74) is 2.81. The molecule has 0 saturated heterocycles. The molecule has 0 aliphatic rings. The summed E-state index contributed by atoms with van der Waals surface area (Å²) in [7, 11) is 1.73. The molecule has 0 amide bonds. The van der Waals surface area contributed by atoms with E-state index in [0.29, 0.717) is 0 Å². The molecule has 1 aromatic heterocycles. The Bertz CT molecular complexity index is 397. The Morgan fingerprint density at radius 2 is 1.56 bits per heavy atom. The highest BCUT2D eigenvalue weighted by atomic mass is 16.5. The topological polar surface area (TPSA) is 22.1 Å². The first kappa shape index (κ1) is 15.0. The summed E-state index contributed by atoms with van der Waals surface area (Å²) in [6.45, 7) is 13.4. The number of nitrogens with zero attached hydrogens (tertiary/aromatic N) is 1. The van der Waals surface area contributed by atoms with Gasteiger partial charge in [0.2, 0.25) is 0 Å².